The van der Waals surface area contributed by atoms with Gasteiger partial charge in [-0.2, -0.15) is 0 Å². The summed E-state index contributed by atoms with van der Waals surface area (Å²) in [6.07, 6.45) is 6.05. The molecular weight excluding hydrogens is 268 g/mol. The molecule has 0 aliphatic carbocycles. The third-order valence-corrected chi connectivity index (χ3v) is 4.38. The highest BCUT2D eigenvalue weighted by molar-refractivity contribution is 5.31. The molecule has 6 heteroatoms. The van der Waals surface area contributed by atoms with E-state index in [-0.39, 0.29) is 17.7 Å². The van der Waals surface area contributed by atoms with E-state index in [1.165, 1.54) is 19.4 Å². The van der Waals surface area contributed by atoms with Gasteiger partial charge in [0.2, 0.25) is 0 Å². The number of rotatable bonds is 4. The fourth-order valence-corrected chi connectivity index (χ4v) is 3.17. The molecule has 2 atom stereocenters. The summed E-state index contributed by atoms with van der Waals surface area (Å²) in [6.45, 7) is 7.54. The lowest BCUT2D eigenvalue weighted by Gasteiger charge is -2.35. The van der Waals surface area contributed by atoms with Crippen LogP contribution in [0.15, 0.2) is 17.2 Å². The Morgan fingerprint density at radius 2 is 2.38 bits per heavy atom. The number of ether oxygens (including phenoxy) is 1. The Labute approximate surface area is 125 Å². The molecule has 21 heavy (non-hydrogen) atoms. The van der Waals surface area contributed by atoms with Crippen molar-refractivity contribution in [2.24, 2.45) is 0 Å². The molecule has 0 spiro atoms. The van der Waals surface area contributed by atoms with Gasteiger partial charge in [-0.15, -0.1) is 0 Å². The van der Waals surface area contributed by atoms with Gasteiger partial charge in [0.05, 0.1) is 12.7 Å². The van der Waals surface area contributed by atoms with Gasteiger partial charge in [0.1, 0.15) is 0 Å². The second-order valence-electron chi connectivity index (χ2n) is 6.21. The van der Waals surface area contributed by atoms with Crippen LogP contribution in [-0.2, 0) is 4.74 Å². The Hall–Kier alpha value is -1.40. The first-order valence-electron chi connectivity index (χ1n) is 7.82. The molecule has 3 rings (SSSR count). The molecule has 2 fully saturated rings. The summed E-state index contributed by atoms with van der Waals surface area (Å²) in [5, 5.41) is 3.16. The molecule has 1 aromatic heterocycles. The molecule has 0 radical (unpaired) electrons. The fourth-order valence-electron chi connectivity index (χ4n) is 3.17. The number of aromatic nitrogens is 2. The maximum atomic E-state index is 12.3. The number of hydrogen-bond acceptors (Lipinski definition) is 5. The van der Waals surface area contributed by atoms with Crippen molar-refractivity contribution in [3.63, 3.8) is 0 Å². The van der Waals surface area contributed by atoms with Crippen LogP contribution in [0.25, 0.3) is 0 Å². The predicted octanol–water partition coefficient (Wildman–Crippen LogP) is 1.10. The van der Waals surface area contributed by atoms with Gasteiger partial charge < -0.3 is 14.6 Å². The zero-order valence-corrected chi connectivity index (χ0v) is 12.8. The van der Waals surface area contributed by atoms with E-state index in [1.807, 2.05) is 13.8 Å². The van der Waals surface area contributed by atoms with Crippen LogP contribution in [0.1, 0.15) is 32.7 Å². The number of morpholine rings is 1. The maximum absolute atomic E-state index is 12.3. The summed E-state index contributed by atoms with van der Waals surface area (Å²) < 4.78 is 7.58. The third-order valence-electron chi connectivity index (χ3n) is 4.38. The number of nitrogens with one attached hydrogen (secondary N) is 1. The monoisotopic (exact) mass is 292 g/mol. The van der Waals surface area contributed by atoms with Crippen LogP contribution in [-0.4, -0.2) is 52.8 Å². The maximum Gasteiger partial charge on any atom is 0.293 e. The van der Waals surface area contributed by atoms with E-state index in [4.69, 9.17) is 4.74 Å². The molecule has 116 valence electrons. The number of fused-ring (bicyclic) bond motifs is 1. The van der Waals surface area contributed by atoms with Crippen molar-refractivity contribution in [3.8, 4) is 0 Å². The van der Waals surface area contributed by atoms with Gasteiger partial charge in [-0.05, 0) is 33.2 Å². The van der Waals surface area contributed by atoms with Crippen molar-refractivity contribution < 1.29 is 4.74 Å². The van der Waals surface area contributed by atoms with Crippen LogP contribution in [0.5, 0.6) is 0 Å². The van der Waals surface area contributed by atoms with Crippen molar-refractivity contribution >= 4 is 5.82 Å². The van der Waals surface area contributed by atoms with Crippen molar-refractivity contribution in [2.45, 2.75) is 44.9 Å². The van der Waals surface area contributed by atoms with Gasteiger partial charge >= 0.3 is 0 Å². The molecule has 2 aliphatic rings. The average molecular weight is 292 g/mol. The second-order valence-corrected chi connectivity index (χ2v) is 6.21. The van der Waals surface area contributed by atoms with Gasteiger partial charge in [-0.1, -0.05) is 0 Å². The highest BCUT2D eigenvalue weighted by Crippen LogP contribution is 2.22. The first-order valence-corrected chi connectivity index (χ1v) is 7.82. The smallest absolute Gasteiger partial charge is 0.293 e. The van der Waals surface area contributed by atoms with Gasteiger partial charge in [-0.3, -0.25) is 9.69 Å². The molecule has 0 bridgehead atoms. The quantitative estimate of drug-likeness (QED) is 0.900. The van der Waals surface area contributed by atoms with E-state index in [0.717, 1.165) is 13.2 Å². The lowest BCUT2D eigenvalue weighted by molar-refractivity contribution is -0.0416. The van der Waals surface area contributed by atoms with E-state index in [1.54, 1.807) is 17.0 Å². The van der Waals surface area contributed by atoms with E-state index in [0.29, 0.717) is 18.4 Å². The molecule has 1 aromatic rings. The van der Waals surface area contributed by atoms with Crippen molar-refractivity contribution in [1.82, 2.24) is 14.5 Å². The van der Waals surface area contributed by atoms with Crippen LogP contribution >= 0.6 is 0 Å². The van der Waals surface area contributed by atoms with Gasteiger partial charge in [0.25, 0.3) is 5.56 Å². The third kappa shape index (κ3) is 3.11. The summed E-state index contributed by atoms with van der Waals surface area (Å²) >= 11 is 0. The minimum Gasteiger partial charge on any atom is -0.373 e. The Balaban J connectivity index is 1.60. The Bertz CT molecular complexity index is 543. The van der Waals surface area contributed by atoms with Crippen LogP contribution in [0.4, 0.5) is 5.82 Å². The molecule has 0 amide bonds. The van der Waals surface area contributed by atoms with Gasteiger partial charge in [0, 0.05) is 37.6 Å². The minimum atomic E-state index is -0.0673. The summed E-state index contributed by atoms with van der Waals surface area (Å²) in [4.78, 5) is 18.9. The van der Waals surface area contributed by atoms with Gasteiger partial charge in [0.15, 0.2) is 5.82 Å². The zero-order valence-electron chi connectivity index (χ0n) is 12.8. The summed E-state index contributed by atoms with van der Waals surface area (Å²) in [6, 6.07) is 0.742. The molecule has 6 nitrogen and oxygen atoms in total. The van der Waals surface area contributed by atoms with Crippen LogP contribution in [0.2, 0.25) is 0 Å². The molecule has 2 saturated heterocycles. The topological polar surface area (TPSA) is 59.4 Å². The number of anilines is 1. The zero-order chi connectivity index (χ0) is 14.8. The summed E-state index contributed by atoms with van der Waals surface area (Å²) in [7, 11) is 0. The normalized spacial score (nSPS) is 26.0. The minimum absolute atomic E-state index is 0.0673. The Morgan fingerprint density at radius 1 is 1.52 bits per heavy atom. The van der Waals surface area contributed by atoms with Crippen LogP contribution in [0, 0.1) is 0 Å². The predicted molar refractivity (Wildman–Crippen MR) is 81.7 cm³/mol. The van der Waals surface area contributed by atoms with Crippen LogP contribution < -0.4 is 10.9 Å². The molecule has 1 N–H and O–H groups in total. The average Bonchev–Trinajstić information content (AvgIpc) is 2.93. The largest absolute Gasteiger partial charge is 0.373 e. The number of hydrogen-bond donors (Lipinski definition) is 1. The van der Waals surface area contributed by atoms with E-state index in [9.17, 15) is 4.79 Å². The summed E-state index contributed by atoms with van der Waals surface area (Å²) in [5.41, 5.74) is -0.0673. The molecular formula is C15H24N4O2. The molecule has 0 saturated carbocycles. The molecule has 0 aromatic carbocycles. The van der Waals surface area contributed by atoms with Crippen molar-refractivity contribution in [3.05, 3.63) is 22.7 Å². The first kappa shape index (κ1) is 14.5. The Morgan fingerprint density at radius 3 is 3.19 bits per heavy atom. The first-order chi connectivity index (χ1) is 10.1. The standard InChI is InChI=1S/C15H24N4O2/c1-11(2)19-7-5-16-14(15(19)20)17-8-13-9-18-6-3-4-12(18)10-21-13/h5,7,11-13H,3-4,6,8-10H2,1-2H3,(H,16,17). The van der Waals surface area contributed by atoms with Gasteiger partial charge in [-0.25, -0.2) is 4.98 Å². The molecule has 3 heterocycles. The van der Waals surface area contributed by atoms with Crippen LogP contribution in [0.3, 0.4) is 0 Å². The Kier molecular flexibility index (Phi) is 4.26. The lowest BCUT2D eigenvalue weighted by Crippen LogP contribution is -2.48. The lowest BCUT2D eigenvalue weighted by atomic mass is 10.2. The SMILES string of the molecule is CC(C)n1ccnc(NCC2CN3CCCC3CO2)c1=O. The molecule has 2 unspecified atom stereocenters. The second kappa shape index (κ2) is 6.15. The van der Waals surface area contributed by atoms with Crippen molar-refractivity contribution in [1.29, 1.82) is 0 Å². The van der Waals surface area contributed by atoms with E-state index >= 15 is 0 Å². The van der Waals surface area contributed by atoms with E-state index in [2.05, 4.69) is 15.2 Å². The van der Waals surface area contributed by atoms with E-state index < -0.39 is 0 Å². The number of nitrogens with zero attached hydrogens (tertiary/aromatic N) is 3. The summed E-state index contributed by atoms with van der Waals surface area (Å²) in [5.74, 6) is 0.415. The fraction of sp³-hybridized carbons (Fsp3) is 0.733. The van der Waals surface area contributed by atoms with Crippen molar-refractivity contribution in [2.75, 3.05) is 31.6 Å². The highest BCUT2D eigenvalue weighted by Gasteiger charge is 2.32. The highest BCUT2D eigenvalue weighted by atomic mass is 16.5. The molecule has 2 aliphatic heterocycles.